The molecule has 6 atom stereocenters. The van der Waals surface area contributed by atoms with Crippen LogP contribution in [0.3, 0.4) is 0 Å². The highest BCUT2D eigenvalue weighted by Gasteiger charge is 2.87. The first-order valence-corrected chi connectivity index (χ1v) is 9.74. The van der Waals surface area contributed by atoms with Crippen molar-refractivity contribution in [3.63, 3.8) is 0 Å². The number of allylic oxidation sites excluding steroid dienone is 1. The van der Waals surface area contributed by atoms with Gasteiger partial charge in [0.15, 0.2) is 0 Å². The van der Waals surface area contributed by atoms with Gasteiger partial charge in [-0.25, -0.2) is 0 Å². The Labute approximate surface area is 158 Å². The standard InChI is InChI=1S/C21H26N2O4/c1-3-13-11-23(2)9-8-20-14-6-4-5-7-16(14)22-21(20,23)17(25)10-15(13)19(20,12-24)18(26)27/h3-7,15,17,22,24-25H,8-12H2,1-2H3/p+1/b13-3-/t15-,17+,19?,20-,21-,23?/m0/s1. The van der Waals surface area contributed by atoms with Gasteiger partial charge in [-0.15, -0.1) is 0 Å². The zero-order valence-electron chi connectivity index (χ0n) is 15.8. The number of rotatable bonds is 2. The number of aliphatic hydroxyl groups is 2. The van der Waals surface area contributed by atoms with Crippen LogP contribution in [0, 0.1) is 11.3 Å². The van der Waals surface area contributed by atoms with Crippen molar-refractivity contribution in [1.29, 1.82) is 0 Å². The molecule has 4 fully saturated rings. The van der Waals surface area contributed by atoms with E-state index in [9.17, 15) is 20.1 Å². The Kier molecular flexibility index (Phi) is 3.14. The summed E-state index contributed by atoms with van der Waals surface area (Å²) in [6, 6.07) is 7.83. The lowest BCUT2D eigenvalue weighted by Crippen LogP contribution is -2.78. The molecule has 6 nitrogen and oxygen atoms in total. The number of para-hydroxylation sites is 1. The van der Waals surface area contributed by atoms with E-state index < -0.39 is 35.2 Å². The van der Waals surface area contributed by atoms with Gasteiger partial charge < -0.3 is 20.6 Å². The zero-order valence-corrected chi connectivity index (χ0v) is 15.8. The van der Waals surface area contributed by atoms with E-state index in [-0.39, 0.29) is 5.92 Å². The van der Waals surface area contributed by atoms with E-state index in [4.69, 9.17) is 0 Å². The monoisotopic (exact) mass is 371 g/mol. The average Bonchev–Trinajstić information content (AvgIpc) is 3.06. The summed E-state index contributed by atoms with van der Waals surface area (Å²) in [7, 11) is 2.13. The second-order valence-electron chi connectivity index (χ2n) is 8.97. The minimum absolute atomic E-state index is 0.350. The fourth-order valence-electron chi connectivity index (χ4n) is 7.54. The van der Waals surface area contributed by atoms with Crippen LogP contribution in [0.15, 0.2) is 35.9 Å². The first-order chi connectivity index (χ1) is 12.8. The van der Waals surface area contributed by atoms with Crippen LogP contribution in [0.2, 0.25) is 0 Å². The maximum absolute atomic E-state index is 13.0. The Morgan fingerprint density at radius 3 is 2.81 bits per heavy atom. The second-order valence-corrected chi connectivity index (χ2v) is 8.97. The molecule has 4 N–H and O–H groups in total. The third kappa shape index (κ3) is 1.45. The fraction of sp³-hybridized carbons (Fsp3) is 0.571. The van der Waals surface area contributed by atoms with Gasteiger partial charge in [-0.3, -0.25) is 9.28 Å². The van der Waals surface area contributed by atoms with Crippen molar-refractivity contribution in [2.45, 2.75) is 36.9 Å². The lowest BCUT2D eigenvalue weighted by Gasteiger charge is -2.58. The summed E-state index contributed by atoms with van der Waals surface area (Å²) >= 11 is 0. The molecule has 0 radical (unpaired) electrons. The average molecular weight is 371 g/mol. The topological polar surface area (TPSA) is 89.8 Å². The predicted molar refractivity (Wildman–Crippen MR) is 100 cm³/mol. The molecule has 1 aliphatic carbocycles. The van der Waals surface area contributed by atoms with E-state index in [1.165, 1.54) is 0 Å². The lowest BCUT2D eigenvalue weighted by atomic mass is 9.45. The summed E-state index contributed by atoms with van der Waals surface area (Å²) in [5, 5.41) is 36.4. The molecule has 144 valence electrons. The predicted octanol–water partition coefficient (Wildman–Crippen LogP) is 1.30. The second kappa shape index (κ2) is 4.93. The molecule has 4 aliphatic heterocycles. The molecular weight excluding hydrogens is 344 g/mol. The van der Waals surface area contributed by atoms with Gasteiger partial charge in [-0.05, 0) is 30.5 Å². The first-order valence-electron chi connectivity index (χ1n) is 9.74. The van der Waals surface area contributed by atoms with Crippen molar-refractivity contribution in [2.75, 3.05) is 32.1 Å². The summed E-state index contributed by atoms with van der Waals surface area (Å²) in [6.07, 6.45) is 2.29. The highest BCUT2D eigenvalue weighted by atomic mass is 16.4. The molecule has 0 amide bonds. The number of hydrogen-bond acceptors (Lipinski definition) is 4. The van der Waals surface area contributed by atoms with Crippen LogP contribution in [0.1, 0.15) is 25.3 Å². The van der Waals surface area contributed by atoms with Crippen molar-refractivity contribution in [1.82, 2.24) is 0 Å². The minimum Gasteiger partial charge on any atom is -0.481 e. The summed E-state index contributed by atoms with van der Waals surface area (Å²) in [5.74, 6) is -1.35. The summed E-state index contributed by atoms with van der Waals surface area (Å²) < 4.78 is 0.550. The highest BCUT2D eigenvalue weighted by molar-refractivity contribution is 5.84. The largest absolute Gasteiger partial charge is 0.481 e. The van der Waals surface area contributed by atoms with Gasteiger partial charge in [0.05, 0.1) is 25.6 Å². The number of nitrogens with zero attached hydrogens (tertiary/aromatic N) is 1. The number of fused-ring (bicyclic) bond motifs is 3. The Morgan fingerprint density at radius 2 is 2.15 bits per heavy atom. The molecule has 5 aliphatic rings. The number of carboxylic acid groups (broad SMARTS) is 1. The summed E-state index contributed by atoms with van der Waals surface area (Å²) in [6.45, 7) is 2.96. The van der Waals surface area contributed by atoms with Crippen LogP contribution >= 0.6 is 0 Å². The third-order valence-electron chi connectivity index (χ3n) is 8.47. The number of quaternary nitrogens is 1. The van der Waals surface area contributed by atoms with Crippen LogP contribution in [0.5, 0.6) is 0 Å². The SMILES string of the molecule is C/C=C1/C[N+]2(C)CC[C@@]34c5ccccc5N[C@]32[C@H](O)C[C@@H]1C4(CO)C(=O)O. The quantitative estimate of drug-likeness (QED) is 0.465. The van der Waals surface area contributed by atoms with E-state index in [1.807, 2.05) is 37.3 Å². The Morgan fingerprint density at radius 1 is 1.41 bits per heavy atom. The normalized spacial score (nSPS) is 48.1. The molecule has 3 saturated heterocycles. The Hall–Kier alpha value is -1.89. The minimum atomic E-state index is -1.36. The van der Waals surface area contributed by atoms with Crippen LogP contribution < -0.4 is 5.32 Å². The zero-order chi connectivity index (χ0) is 19.2. The van der Waals surface area contributed by atoms with Crippen molar-refractivity contribution in [2.24, 2.45) is 11.3 Å². The Balaban J connectivity index is 1.97. The molecule has 6 heteroatoms. The molecule has 2 unspecified atom stereocenters. The number of hydrogen-bond donors (Lipinski definition) is 4. The van der Waals surface area contributed by atoms with Gasteiger partial charge in [0.25, 0.3) is 0 Å². The van der Waals surface area contributed by atoms with Crippen molar-refractivity contribution < 1.29 is 24.6 Å². The molecule has 1 spiro atoms. The number of anilines is 1. The molecule has 6 rings (SSSR count). The number of nitrogens with one attached hydrogen (secondary N) is 1. The smallest absolute Gasteiger partial charge is 0.313 e. The molecular formula is C21H27N2O4+. The summed E-state index contributed by atoms with van der Waals surface area (Å²) in [4.78, 5) is 13.0. The van der Waals surface area contributed by atoms with Crippen LogP contribution in [0.4, 0.5) is 5.69 Å². The van der Waals surface area contributed by atoms with E-state index in [0.29, 0.717) is 23.9 Å². The van der Waals surface area contributed by atoms with E-state index in [0.717, 1.165) is 23.4 Å². The van der Waals surface area contributed by atoms with Crippen molar-refractivity contribution in [3.8, 4) is 0 Å². The van der Waals surface area contributed by atoms with Crippen LogP contribution in [0.25, 0.3) is 0 Å². The van der Waals surface area contributed by atoms with Crippen LogP contribution in [-0.2, 0) is 10.2 Å². The molecule has 1 saturated carbocycles. The van der Waals surface area contributed by atoms with Crippen LogP contribution in [-0.4, -0.2) is 64.3 Å². The Bertz CT molecular complexity index is 885. The van der Waals surface area contributed by atoms with Gasteiger partial charge in [0, 0.05) is 18.0 Å². The number of likely N-dealkylation sites (N-methyl/N-ethyl adjacent to an activating group) is 1. The van der Waals surface area contributed by atoms with E-state index in [1.54, 1.807) is 0 Å². The fourth-order valence-corrected chi connectivity index (χ4v) is 7.54. The van der Waals surface area contributed by atoms with Gasteiger partial charge in [0.2, 0.25) is 5.66 Å². The van der Waals surface area contributed by atoms with Crippen molar-refractivity contribution in [3.05, 3.63) is 41.5 Å². The maximum atomic E-state index is 13.0. The number of benzene rings is 1. The van der Waals surface area contributed by atoms with Gasteiger partial charge in [-0.1, -0.05) is 24.3 Å². The van der Waals surface area contributed by atoms with Gasteiger partial charge in [0.1, 0.15) is 18.1 Å². The van der Waals surface area contributed by atoms with Crippen molar-refractivity contribution >= 4 is 11.7 Å². The first kappa shape index (κ1) is 17.2. The maximum Gasteiger partial charge on any atom is 0.313 e. The molecule has 27 heavy (non-hydrogen) atoms. The molecule has 4 heterocycles. The molecule has 1 aromatic rings. The van der Waals surface area contributed by atoms with E-state index >= 15 is 0 Å². The number of aliphatic carboxylic acids is 1. The molecule has 1 aromatic carbocycles. The number of aliphatic hydroxyl groups excluding tert-OH is 2. The third-order valence-corrected chi connectivity index (χ3v) is 8.47. The van der Waals surface area contributed by atoms with Gasteiger partial charge in [-0.2, -0.15) is 0 Å². The number of carbonyl (C=O) groups is 1. The van der Waals surface area contributed by atoms with Gasteiger partial charge >= 0.3 is 5.97 Å². The summed E-state index contributed by atoms with van der Waals surface area (Å²) in [5.41, 5.74) is -0.204. The lowest BCUT2D eigenvalue weighted by molar-refractivity contribution is -0.944. The molecule has 4 bridgehead atoms. The van der Waals surface area contributed by atoms with E-state index in [2.05, 4.69) is 12.4 Å². The number of carboxylic acids is 1. The molecule has 0 aromatic heterocycles. The highest BCUT2D eigenvalue weighted by Crippen LogP contribution is 2.73.